The first-order chi connectivity index (χ1) is 14.7. The number of fused-ring (bicyclic) bond motifs is 1. The summed E-state index contributed by atoms with van der Waals surface area (Å²) < 4.78 is 9.82. The molecule has 1 fully saturated rings. The molecule has 12 heteroatoms. The third-order valence-corrected chi connectivity index (χ3v) is 6.50. The molecule has 0 aromatic carbocycles. The average molecular weight is 466 g/mol. The summed E-state index contributed by atoms with van der Waals surface area (Å²) >= 11 is 2.43. The van der Waals surface area contributed by atoms with Gasteiger partial charge < -0.3 is 19.9 Å². The lowest BCUT2D eigenvalue weighted by Crippen LogP contribution is -2.70. The van der Waals surface area contributed by atoms with E-state index in [9.17, 15) is 29.1 Å². The Kier molecular flexibility index (Phi) is 6.81. The number of β-lactam (4-membered cyclic amide) rings is 1. The Labute approximate surface area is 184 Å². The van der Waals surface area contributed by atoms with E-state index in [0.717, 1.165) is 34.7 Å². The van der Waals surface area contributed by atoms with Crippen LogP contribution in [0.5, 0.6) is 0 Å². The molecule has 2 atom stereocenters. The number of hydrogen-bond donors (Lipinski definition) is 2. The van der Waals surface area contributed by atoms with Gasteiger partial charge in [0.05, 0.1) is 11.3 Å². The standard InChI is InChI=1S/C19H18N2O8S2/c1-9(22)28-7-12-13(8-29-10(2)23)31-18-15(17(25)21(18)16(12)19(26)27)20-14(24)6-11-4-3-5-30-11/h3-5,8,15,18H,6-7H2,1-2H3,(H,20,24)(H,26,27)/t15?,18-/m0/s1. The van der Waals surface area contributed by atoms with E-state index >= 15 is 0 Å². The van der Waals surface area contributed by atoms with Crippen LogP contribution in [-0.4, -0.2) is 57.8 Å². The molecule has 1 aromatic rings. The summed E-state index contributed by atoms with van der Waals surface area (Å²) in [4.78, 5) is 61.5. The van der Waals surface area contributed by atoms with Crippen molar-refractivity contribution >= 4 is 52.8 Å². The molecule has 3 rings (SSSR count). The molecule has 2 amide bonds. The van der Waals surface area contributed by atoms with Crippen LogP contribution in [0.15, 0.2) is 40.0 Å². The maximum Gasteiger partial charge on any atom is 0.353 e. The Hall–Kier alpha value is -3.12. The Morgan fingerprint density at radius 2 is 2.00 bits per heavy atom. The maximum atomic E-state index is 12.7. The summed E-state index contributed by atoms with van der Waals surface area (Å²) in [5, 5.41) is 13.4. The van der Waals surface area contributed by atoms with Gasteiger partial charge in [0.15, 0.2) is 0 Å². The Morgan fingerprint density at radius 3 is 2.58 bits per heavy atom. The molecule has 1 saturated heterocycles. The predicted octanol–water partition coefficient (Wildman–Crippen LogP) is 0.997. The zero-order valence-electron chi connectivity index (χ0n) is 16.4. The van der Waals surface area contributed by atoms with E-state index < -0.39 is 47.5 Å². The lowest BCUT2D eigenvalue weighted by Gasteiger charge is -2.49. The zero-order valence-corrected chi connectivity index (χ0v) is 18.1. The van der Waals surface area contributed by atoms with Crippen molar-refractivity contribution in [3.8, 4) is 0 Å². The number of hydrogen-bond acceptors (Lipinski definition) is 9. The van der Waals surface area contributed by atoms with Gasteiger partial charge in [-0.3, -0.25) is 24.1 Å². The number of aliphatic carboxylic acids is 1. The van der Waals surface area contributed by atoms with Gasteiger partial charge in [0, 0.05) is 24.3 Å². The van der Waals surface area contributed by atoms with Crippen molar-refractivity contribution in [3.05, 3.63) is 44.8 Å². The van der Waals surface area contributed by atoms with Gasteiger partial charge >= 0.3 is 17.9 Å². The van der Waals surface area contributed by atoms with Crippen LogP contribution in [0.1, 0.15) is 18.7 Å². The second-order valence-corrected chi connectivity index (χ2v) is 8.71. The molecule has 2 aliphatic rings. The van der Waals surface area contributed by atoms with Gasteiger partial charge in [-0.25, -0.2) is 4.79 Å². The number of nitrogens with zero attached hydrogens (tertiary/aromatic N) is 1. The summed E-state index contributed by atoms with van der Waals surface area (Å²) in [5.74, 6) is -3.67. The zero-order chi connectivity index (χ0) is 22.7. The fourth-order valence-corrected chi connectivity index (χ4v) is 5.00. The number of thiophene rings is 1. The number of amides is 2. The molecule has 0 spiro atoms. The number of rotatable bonds is 7. The van der Waals surface area contributed by atoms with Crippen molar-refractivity contribution in [2.24, 2.45) is 0 Å². The Morgan fingerprint density at radius 1 is 1.26 bits per heavy atom. The monoisotopic (exact) mass is 466 g/mol. The summed E-state index contributed by atoms with van der Waals surface area (Å²) in [5.41, 5.74) is -0.376. The van der Waals surface area contributed by atoms with Crippen molar-refractivity contribution < 1.29 is 38.6 Å². The minimum atomic E-state index is -1.42. The summed E-state index contributed by atoms with van der Waals surface area (Å²) in [6, 6.07) is 2.64. The van der Waals surface area contributed by atoms with Gasteiger partial charge in [0.1, 0.15) is 30.0 Å². The number of carboxylic acids is 1. The van der Waals surface area contributed by atoms with Crippen molar-refractivity contribution in [2.75, 3.05) is 6.61 Å². The first-order valence-corrected chi connectivity index (χ1v) is 10.7. The quantitative estimate of drug-likeness (QED) is 0.342. The minimum Gasteiger partial charge on any atom is -0.477 e. The van der Waals surface area contributed by atoms with Crippen LogP contribution in [0.4, 0.5) is 0 Å². The molecule has 0 bridgehead atoms. The Bertz CT molecular complexity index is 999. The van der Waals surface area contributed by atoms with Crippen LogP contribution in [0.25, 0.3) is 0 Å². The summed E-state index contributed by atoms with van der Waals surface area (Å²) in [6.07, 6.45) is 1.15. The molecule has 10 nitrogen and oxygen atoms in total. The molecular formula is C19H18N2O8S2. The number of esters is 2. The highest BCUT2D eigenvalue weighted by Crippen LogP contribution is 2.46. The summed E-state index contributed by atoms with van der Waals surface area (Å²) in [7, 11) is 0. The molecule has 0 aliphatic carbocycles. The molecular weight excluding hydrogens is 448 g/mol. The second-order valence-electron chi connectivity index (χ2n) is 6.52. The molecule has 3 heterocycles. The van der Waals surface area contributed by atoms with Gasteiger partial charge in [-0.15, -0.1) is 11.3 Å². The first kappa shape index (κ1) is 22.6. The van der Waals surface area contributed by atoms with Crippen LogP contribution in [0, 0.1) is 0 Å². The topological polar surface area (TPSA) is 139 Å². The molecule has 1 aromatic heterocycles. The van der Waals surface area contributed by atoms with Crippen LogP contribution >= 0.6 is 23.1 Å². The number of thioether (sulfide) groups is 1. The third kappa shape index (κ3) is 4.97. The number of carboxylic acid groups (broad SMARTS) is 1. The van der Waals surface area contributed by atoms with E-state index in [1.807, 2.05) is 5.38 Å². The highest BCUT2D eigenvalue weighted by atomic mass is 32.2. The van der Waals surface area contributed by atoms with Gasteiger partial charge in [-0.1, -0.05) is 17.8 Å². The number of carbonyl (C=O) groups excluding carboxylic acids is 4. The minimum absolute atomic E-state index is 0.0157. The van der Waals surface area contributed by atoms with Crippen LogP contribution in [0.2, 0.25) is 0 Å². The molecule has 2 aliphatic heterocycles. The highest BCUT2D eigenvalue weighted by molar-refractivity contribution is 8.04. The second kappa shape index (κ2) is 9.35. The molecule has 1 unspecified atom stereocenters. The maximum absolute atomic E-state index is 12.7. The fraction of sp³-hybridized carbons (Fsp3) is 0.316. The van der Waals surface area contributed by atoms with Gasteiger partial charge in [-0.2, -0.15) is 0 Å². The van der Waals surface area contributed by atoms with E-state index in [4.69, 9.17) is 9.47 Å². The smallest absolute Gasteiger partial charge is 0.353 e. The van der Waals surface area contributed by atoms with E-state index in [1.165, 1.54) is 18.3 Å². The van der Waals surface area contributed by atoms with Gasteiger partial charge in [0.2, 0.25) is 5.91 Å². The van der Waals surface area contributed by atoms with Crippen molar-refractivity contribution in [1.29, 1.82) is 0 Å². The Balaban J connectivity index is 1.87. The molecule has 164 valence electrons. The van der Waals surface area contributed by atoms with E-state index in [-0.39, 0.29) is 22.8 Å². The van der Waals surface area contributed by atoms with E-state index in [0.29, 0.717) is 0 Å². The van der Waals surface area contributed by atoms with Crippen molar-refractivity contribution in [2.45, 2.75) is 31.7 Å². The highest BCUT2D eigenvalue weighted by Gasteiger charge is 2.55. The van der Waals surface area contributed by atoms with Gasteiger partial charge in [-0.05, 0) is 11.4 Å². The SMILES string of the molecule is CC(=O)OC=C1S[C@H]2C(NC(=O)Cc3cccs3)C(=O)N2C(C(=O)O)=C1COC(C)=O. The lowest BCUT2D eigenvalue weighted by molar-refractivity contribution is -0.150. The average Bonchev–Trinajstić information content (AvgIpc) is 3.20. The number of carbonyl (C=O) groups is 5. The summed E-state index contributed by atoms with van der Waals surface area (Å²) in [6.45, 7) is 1.90. The molecule has 0 saturated carbocycles. The largest absolute Gasteiger partial charge is 0.477 e. The predicted molar refractivity (Wildman–Crippen MR) is 109 cm³/mol. The molecule has 0 radical (unpaired) electrons. The number of ether oxygens (including phenoxy) is 2. The van der Waals surface area contributed by atoms with E-state index in [1.54, 1.807) is 12.1 Å². The third-order valence-electron chi connectivity index (χ3n) is 4.30. The molecule has 31 heavy (non-hydrogen) atoms. The van der Waals surface area contributed by atoms with Crippen LogP contribution in [-0.2, 0) is 39.9 Å². The van der Waals surface area contributed by atoms with Crippen molar-refractivity contribution in [3.63, 3.8) is 0 Å². The number of nitrogens with one attached hydrogen (secondary N) is 1. The van der Waals surface area contributed by atoms with Crippen LogP contribution in [0.3, 0.4) is 0 Å². The van der Waals surface area contributed by atoms with Gasteiger partial charge in [0.25, 0.3) is 5.91 Å². The lowest BCUT2D eigenvalue weighted by atomic mass is 10.0. The van der Waals surface area contributed by atoms with E-state index in [2.05, 4.69) is 5.32 Å². The normalized spacial score (nSPS) is 21.3. The van der Waals surface area contributed by atoms with Crippen molar-refractivity contribution in [1.82, 2.24) is 10.2 Å². The molecule has 2 N–H and O–H groups in total. The first-order valence-electron chi connectivity index (χ1n) is 8.98. The van der Waals surface area contributed by atoms with Crippen LogP contribution < -0.4 is 5.32 Å². The fourth-order valence-electron chi connectivity index (χ4n) is 3.00.